The van der Waals surface area contributed by atoms with Gasteiger partial charge in [-0.3, -0.25) is 4.79 Å². The van der Waals surface area contributed by atoms with Gasteiger partial charge >= 0.3 is 0 Å². The first-order valence-electron chi connectivity index (χ1n) is 6.95. The highest BCUT2D eigenvalue weighted by Gasteiger charge is 2.16. The SMILES string of the molecule is CCC(C)Nc1cnc(C(=O)Nc2ccc(F)c(F)c2F)cn1. The molecular formula is C15H15F3N4O. The van der Waals surface area contributed by atoms with E-state index in [-0.39, 0.29) is 11.7 Å². The van der Waals surface area contributed by atoms with Gasteiger partial charge in [0, 0.05) is 6.04 Å². The Kier molecular flexibility index (Phi) is 5.15. The summed E-state index contributed by atoms with van der Waals surface area (Å²) in [4.78, 5) is 19.9. The number of aromatic nitrogens is 2. The van der Waals surface area contributed by atoms with Crippen LogP contribution in [0.4, 0.5) is 24.7 Å². The van der Waals surface area contributed by atoms with Crippen LogP contribution in [-0.4, -0.2) is 21.9 Å². The van der Waals surface area contributed by atoms with Crippen molar-refractivity contribution in [1.29, 1.82) is 0 Å². The van der Waals surface area contributed by atoms with Crippen LogP contribution in [-0.2, 0) is 0 Å². The van der Waals surface area contributed by atoms with E-state index in [0.717, 1.165) is 18.6 Å². The summed E-state index contributed by atoms with van der Waals surface area (Å²) in [6.07, 6.45) is 3.46. The molecule has 1 unspecified atom stereocenters. The van der Waals surface area contributed by atoms with Crippen molar-refractivity contribution in [1.82, 2.24) is 9.97 Å². The van der Waals surface area contributed by atoms with Gasteiger partial charge in [-0.25, -0.2) is 23.1 Å². The van der Waals surface area contributed by atoms with E-state index in [1.165, 1.54) is 12.4 Å². The number of amides is 1. The fourth-order valence-electron chi connectivity index (χ4n) is 1.68. The Bertz CT molecular complexity index is 707. The molecule has 1 heterocycles. The monoisotopic (exact) mass is 324 g/mol. The summed E-state index contributed by atoms with van der Waals surface area (Å²) < 4.78 is 39.5. The molecule has 0 aliphatic carbocycles. The fourth-order valence-corrected chi connectivity index (χ4v) is 1.68. The maximum absolute atomic E-state index is 13.5. The number of anilines is 2. The summed E-state index contributed by atoms with van der Waals surface area (Å²) >= 11 is 0. The molecule has 0 saturated carbocycles. The molecule has 0 spiro atoms. The summed E-state index contributed by atoms with van der Waals surface area (Å²) in [5, 5.41) is 5.20. The molecule has 0 aliphatic heterocycles. The minimum absolute atomic E-state index is 0.0798. The van der Waals surface area contributed by atoms with E-state index in [4.69, 9.17) is 0 Å². The van der Waals surface area contributed by atoms with Crippen LogP contribution < -0.4 is 10.6 Å². The number of hydrogen-bond donors (Lipinski definition) is 2. The molecular weight excluding hydrogens is 309 g/mol. The molecule has 1 aromatic carbocycles. The van der Waals surface area contributed by atoms with Crippen LogP contribution in [0.25, 0.3) is 0 Å². The molecule has 23 heavy (non-hydrogen) atoms. The van der Waals surface area contributed by atoms with E-state index in [9.17, 15) is 18.0 Å². The molecule has 0 radical (unpaired) electrons. The number of hydrogen-bond acceptors (Lipinski definition) is 4. The topological polar surface area (TPSA) is 66.9 Å². The van der Waals surface area contributed by atoms with E-state index in [2.05, 4.69) is 20.6 Å². The molecule has 5 nitrogen and oxygen atoms in total. The van der Waals surface area contributed by atoms with Gasteiger partial charge in [-0.2, -0.15) is 0 Å². The quantitative estimate of drug-likeness (QED) is 0.828. The maximum Gasteiger partial charge on any atom is 0.275 e. The summed E-state index contributed by atoms with van der Waals surface area (Å²) in [6, 6.07) is 1.84. The molecule has 8 heteroatoms. The molecule has 2 rings (SSSR count). The number of rotatable bonds is 5. The lowest BCUT2D eigenvalue weighted by Gasteiger charge is -2.11. The van der Waals surface area contributed by atoms with E-state index in [1.807, 2.05) is 13.8 Å². The van der Waals surface area contributed by atoms with Crippen molar-refractivity contribution in [2.45, 2.75) is 26.3 Å². The molecule has 2 N–H and O–H groups in total. The van der Waals surface area contributed by atoms with Gasteiger partial charge in [0.2, 0.25) is 0 Å². The lowest BCUT2D eigenvalue weighted by molar-refractivity contribution is 0.102. The first-order chi connectivity index (χ1) is 10.9. The minimum Gasteiger partial charge on any atom is -0.366 e. The third-order valence-electron chi connectivity index (χ3n) is 3.17. The van der Waals surface area contributed by atoms with Crippen LogP contribution in [0.5, 0.6) is 0 Å². The van der Waals surface area contributed by atoms with Gasteiger partial charge in [0.15, 0.2) is 17.5 Å². The zero-order chi connectivity index (χ0) is 17.0. The summed E-state index contributed by atoms with van der Waals surface area (Å²) in [5.41, 5.74) is -0.554. The molecule has 2 aromatic rings. The highest BCUT2D eigenvalue weighted by molar-refractivity contribution is 6.02. The Morgan fingerprint density at radius 3 is 2.52 bits per heavy atom. The Hall–Kier alpha value is -2.64. The van der Waals surface area contributed by atoms with Crippen LogP contribution >= 0.6 is 0 Å². The molecule has 1 amide bonds. The molecule has 1 aromatic heterocycles. The fraction of sp³-hybridized carbons (Fsp3) is 0.267. The van der Waals surface area contributed by atoms with Crippen LogP contribution in [0.1, 0.15) is 30.8 Å². The van der Waals surface area contributed by atoms with Crippen molar-refractivity contribution in [3.8, 4) is 0 Å². The lowest BCUT2D eigenvalue weighted by Crippen LogP contribution is -2.18. The van der Waals surface area contributed by atoms with E-state index < -0.39 is 29.0 Å². The van der Waals surface area contributed by atoms with E-state index in [0.29, 0.717) is 5.82 Å². The Balaban J connectivity index is 2.11. The van der Waals surface area contributed by atoms with Gasteiger partial charge < -0.3 is 10.6 Å². The number of carbonyl (C=O) groups is 1. The largest absolute Gasteiger partial charge is 0.366 e. The highest BCUT2D eigenvalue weighted by Crippen LogP contribution is 2.20. The van der Waals surface area contributed by atoms with Gasteiger partial charge in [0.25, 0.3) is 5.91 Å². The third-order valence-corrected chi connectivity index (χ3v) is 3.17. The van der Waals surface area contributed by atoms with Crippen molar-refractivity contribution in [2.24, 2.45) is 0 Å². The zero-order valence-electron chi connectivity index (χ0n) is 12.5. The molecule has 122 valence electrons. The van der Waals surface area contributed by atoms with Gasteiger partial charge in [0.1, 0.15) is 11.5 Å². The Morgan fingerprint density at radius 1 is 1.17 bits per heavy atom. The van der Waals surface area contributed by atoms with Crippen molar-refractivity contribution < 1.29 is 18.0 Å². The van der Waals surface area contributed by atoms with Crippen molar-refractivity contribution >= 4 is 17.4 Å². The number of nitrogens with one attached hydrogen (secondary N) is 2. The van der Waals surface area contributed by atoms with Crippen LogP contribution in [0.15, 0.2) is 24.5 Å². The zero-order valence-corrected chi connectivity index (χ0v) is 12.5. The van der Waals surface area contributed by atoms with Gasteiger partial charge in [0.05, 0.1) is 18.1 Å². The molecule has 0 saturated heterocycles. The molecule has 1 atom stereocenters. The number of benzene rings is 1. The number of carbonyl (C=O) groups excluding carboxylic acids is 1. The van der Waals surface area contributed by atoms with E-state index >= 15 is 0 Å². The Morgan fingerprint density at radius 2 is 1.91 bits per heavy atom. The summed E-state index contributed by atoms with van der Waals surface area (Å²) in [5.74, 6) is -4.74. The second-order valence-corrected chi connectivity index (χ2v) is 4.92. The summed E-state index contributed by atoms with van der Waals surface area (Å²) in [7, 11) is 0. The second kappa shape index (κ2) is 7.08. The molecule has 0 aliphatic rings. The average molecular weight is 324 g/mol. The lowest BCUT2D eigenvalue weighted by atomic mass is 10.2. The third kappa shape index (κ3) is 3.97. The van der Waals surface area contributed by atoms with Crippen molar-refractivity contribution in [3.05, 3.63) is 47.7 Å². The second-order valence-electron chi connectivity index (χ2n) is 4.92. The highest BCUT2D eigenvalue weighted by atomic mass is 19.2. The van der Waals surface area contributed by atoms with E-state index in [1.54, 1.807) is 0 Å². The van der Waals surface area contributed by atoms with Crippen LogP contribution in [0.3, 0.4) is 0 Å². The summed E-state index contributed by atoms with van der Waals surface area (Å²) in [6.45, 7) is 3.97. The van der Waals surface area contributed by atoms with Crippen LogP contribution in [0, 0.1) is 17.5 Å². The van der Waals surface area contributed by atoms with Crippen LogP contribution in [0.2, 0.25) is 0 Å². The molecule has 0 bridgehead atoms. The first kappa shape index (κ1) is 16.7. The number of nitrogens with zero attached hydrogens (tertiary/aromatic N) is 2. The molecule has 0 fully saturated rings. The predicted molar refractivity (Wildman–Crippen MR) is 79.7 cm³/mol. The van der Waals surface area contributed by atoms with Gasteiger partial charge in [-0.05, 0) is 25.5 Å². The normalized spacial score (nSPS) is 11.9. The standard InChI is InChI=1S/C15H15F3N4O/c1-3-8(2)21-12-7-19-11(6-20-12)15(23)22-10-5-4-9(16)13(17)14(10)18/h4-8H,3H2,1-2H3,(H,20,21)(H,22,23). The predicted octanol–water partition coefficient (Wildman–Crippen LogP) is 3.36. The number of halogens is 3. The van der Waals surface area contributed by atoms with Crippen molar-refractivity contribution in [2.75, 3.05) is 10.6 Å². The van der Waals surface area contributed by atoms with Gasteiger partial charge in [-0.15, -0.1) is 0 Å². The smallest absolute Gasteiger partial charge is 0.275 e. The van der Waals surface area contributed by atoms with Crippen molar-refractivity contribution in [3.63, 3.8) is 0 Å². The first-order valence-corrected chi connectivity index (χ1v) is 6.95. The maximum atomic E-state index is 13.5. The van der Waals surface area contributed by atoms with Gasteiger partial charge in [-0.1, -0.05) is 6.92 Å². The Labute approximate surface area is 131 Å². The minimum atomic E-state index is -1.65. The average Bonchev–Trinajstić information content (AvgIpc) is 2.55.